The molecule has 1 N–H and O–H groups in total. The van der Waals surface area contributed by atoms with Crippen LogP contribution in [-0.2, 0) is 11.3 Å². The molecule has 1 unspecified atom stereocenters. The molecule has 0 spiro atoms. The summed E-state index contributed by atoms with van der Waals surface area (Å²) in [4.78, 5) is 30.3. The second-order valence-electron chi connectivity index (χ2n) is 9.19. The Kier molecular flexibility index (Phi) is 7.24. The maximum absolute atomic E-state index is 13.8. The summed E-state index contributed by atoms with van der Waals surface area (Å²) in [5, 5.41) is 3.08. The highest BCUT2D eigenvalue weighted by atomic mass is 32.2. The standard InChI is InChI=1S/C32H28N2O2S/c1-22-10-9-13-25(18-22)21-34-28-20-27(31(35)33-23(2)26-14-7-4-8-15-26)16-17-29(28)37-30(32(34)36)19-24-11-5-3-6-12-24/h3-20,23H,21H2,1-2H3,(H,33,35). The van der Waals surface area contributed by atoms with Gasteiger partial charge in [-0.05, 0) is 54.8 Å². The van der Waals surface area contributed by atoms with Crippen molar-refractivity contribution in [1.29, 1.82) is 0 Å². The van der Waals surface area contributed by atoms with E-state index in [4.69, 9.17) is 0 Å². The van der Waals surface area contributed by atoms with E-state index in [2.05, 4.69) is 11.4 Å². The molecule has 0 fully saturated rings. The molecule has 2 amide bonds. The van der Waals surface area contributed by atoms with Crippen molar-refractivity contribution in [3.05, 3.63) is 136 Å². The lowest BCUT2D eigenvalue weighted by molar-refractivity contribution is -0.114. The zero-order valence-electron chi connectivity index (χ0n) is 20.8. The third kappa shape index (κ3) is 5.68. The normalized spacial score (nSPS) is 14.8. The number of nitrogens with one attached hydrogen (secondary N) is 1. The molecule has 4 aromatic rings. The topological polar surface area (TPSA) is 49.4 Å². The van der Waals surface area contributed by atoms with Crippen molar-refractivity contribution in [3.8, 4) is 0 Å². The molecule has 1 aliphatic rings. The van der Waals surface area contributed by atoms with Gasteiger partial charge in [0.05, 0.1) is 23.2 Å². The van der Waals surface area contributed by atoms with Crippen LogP contribution in [0.25, 0.3) is 6.08 Å². The molecule has 184 valence electrons. The van der Waals surface area contributed by atoms with Crippen LogP contribution in [0, 0.1) is 6.92 Å². The minimum Gasteiger partial charge on any atom is -0.346 e. The number of thioether (sulfide) groups is 1. The van der Waals surface area contributed by atoms with Gasteiger partial charge in [-0.3, -0.25) is 9.59 Å². The Morgan fingerprint density at radius 1 is 0.919 bits per heavy atom. The zero-order valence-corrected chi connectivity index (χ0v) is 21.7. The molecule has 5 rings (SSSR count). The second-order valence-corrected chi connectivity index (χ2v) is 10.3. The lowest BCUT2D eigenvalue weighted by Gasteiger charge is -2.31. The van der Waals surface area contributed by atoms with Gasteiger partial charge < -0.3 is 10.2 Å². The van der Waals surface area contributed by atoms with Gasteiger partial charge in [0.2, 0.25) is 0 Å². The Labute approximate surface area is 222 Å². The van der Waals surface area contributed by atoms with E-state index < -0.39 is 0 Å². The number of carbonyl (C=O) groups is 2. The van der Waals surface area contributed by atoms with Crippen LogP contribution in [0.1, 0.15) is 45.6 Å². The van der Waals surface area contributed by atoms with E-state index in [1.165, 1.54) is 11.8 Å². The van der Waals surface area contributed by atoms with Crippen LogP contribution >= 0.6 is 11.8 Å². The third-order valence-electron chi connectivity index (χ3n) is 6.36. The smallest absolute Gasteiger partial charge is 0.265 e. The van der Waals surface area contributed by atoms with Crippen molar-refractivity contribution in [2.45, 2.75) is 31.3 Å². The molecule has 0 saturated carbocycles. The average molecular weight is 505 g/mol. The van der Waals surface area contributed by atoms with Crippen molar-refractivity contribution in [2.75, 3.05) is 4.90 Å². The number of amides is 2. The van der Waals surface area contributed by atoms with Crippen LogP contribution in [0.5, 0.6) is 0 Å². The fourth-order valence-corrected chi connectivity index (χ4v) is 5.45. The van der Waals surface area contributed by atoms with Crippen molar-refractivity contribution >= 4 is 35.3 Å². The summed E-state index contributed by atoms with van der Waals surface area (Å²) in [5.41, 5.74) is 5.47. The maximum atomic E-state index is 13.8. The quantitative estimate of drug-likeness (QED) is 0.283. The predicted octanol–water partition coefficient (Wildman–Crippen LogP) is 7.17. The number of anilines is 1. The molecule has 0 aromatic heterocycles. The molecule has 4 aromatic carbocycles. The van der Waals surface area contributed by atoms with Gasteiger partial charge in [0.15, 0.2) is 0 Å². The highest BCUT2D eigenvalue weighted by Gasteiger charge is 2.30. The Bertz CT molecular complexity index is 1460. The number of carbonyl (C=O) groups excluding carboxylic acids is 2. The summed E-state index contributed by atoms with van der Waals surface area (Å²) in [6, 6.07) is 33.4. The Morgan fingerprint density at radius 3 is 2.38 bits per heavy atom. The Morgan fingerprint density at radius 2 is 1.65 bits per heavy atom. The summed E-state index contributed by atoms with van der Waals surface area (Å²) >= 11 is 1.45. The Balaban J connectivity index is 1.49. The summed E-state index contributed by atoms with van der Waals surface area (Å²) in [6.07, 6.45) is 1.93. The average Bonchev–Trinajstić information content (AvgIpc) is 2.92. The lowest BCUT2D eigenvalue weighted by Crippen LogP contribution is -2.34. The molecular weight excluding hydrogens is 476 g/mol. The molecule has 0 saturated heterocycles. The van der Waals surface area contributed by atoms with Crippen molar-refractivity contribution in [1.82, 2.24) is 5.32 Å². The van der Waals surface area contributed by atoms with E-state index >= 15 is 0 Å². The molecule has 0 bridgehead atoms. The number of hydrogen-bond donors (Lipinski definition) is 1. The monoisotopic (exact) mass is 504 g/mol. The highest BCUT2D eigenvalue weighted by Crippen LogP contribution is 2.43. The van der Waals surface area contributed by atoms with Gasteiger partial charge in [0.25, 0.3) is 11.8 Å². The van der Waals surface area contributed by atoms with Gasteiger partial charge in [-0.1, -0.05) is 102 Å². The van der Waals surface area contributed by atoms with Gasteiger partial charge >= 0.3 is 0 Å². The van der Waals surface area contributed by atoms with Crippen LogP contribution < -0.4 is 10.2 Å². The second kappa shape index (κ2) is 10.9. The zero-order chi connectivity index (χ0) is 25.8. The fourth-order valence-electron chi connectivity index (χ4n) is 4.41. The highest BCUT2D eigenvalue weighted by molar-refractivity contribution is 8.04. The first-order chi connectivity index (χ1) is 18.0. The summed E-state index contributed by atoms with van der Waals surface area (Å²) in [7, 11) is 0. The van der Waals surface area contributed by atoms with E-state index in [0.29, 0.717) is 17.0 Å². The molecule has 1 atom stereocenters. The number of fused-ring (bicyclic) bond motifs is 1. The predicted molar refractivity (Wildman–Crippen MR) is 151 cm³/mol. The first kappa shape index (κ1) is 24.6. The third-order valence-corrected chi connectivity index (χ3v) is 7.43. The van der Waals surface area contributed by atoms with Crippen LogP contribution in [-0.4, -0.2) is 11.8 Å². The number of rotatable bonds is 6. The molecule has 37 heavy (non-hydrogen) atoms. The first-order valence-corrected chi connectivity index (χ1v) is 13.1. The number of nitrogens with zero attached hydrogens (tertiary/aromatic N) is 1. The molecular formula is C32H28N2O2S. The molecule has 5 heteroatoms. The van der Waals surface area contributed by atoms with E-state index in [9.17, 15) is 9.59 Å². The molecule has 1 heterocycles. The van der Waals surface area contributed by atoms with Gasteiger partial charge in [0, 0.05) is 10.5 Å². The van der Waals surface area contributed by atoms with Gasteiger partial charge in [-0.15, -0.1) is 0 Å². The number of hydrogen-bond acceptors (Lipinski definition) is 3. The minimum atomic E-state index is -0.169. The molecule has 1 aliphatic heterocycles. The van der Waals surface area contributed by atoms with Crippen LogP contribution in [0.3, 0.4) is 0 Å². The largest absolute Gasteiger partial charge is 0.346 e. The summed E-state index contributed by atoms with van der Waals surface area (Å²) < 4.78 is 0. The molecule has 4 nitrogen and oxygen atoms in total. The number of benzene rings is 4. The fraction of sp³-hybridized carbons (Fsp3) is 0.125. The van der Waals surface area contributed by atoms with E-state index in [1.54, 1.807) is 4.90 Å². The van der Waals surface area contributed by atoms with Crippen molar-refractivity contribution < 1.29 is 9.59 Å². The van der Waals surface area contributed by atoms with Crippen molar-refractivity contribution in [3.63, 3.8) is 0 Å². The first-order valence-electron chi connectivity index (χ1n) is 12.3. The minimum absolute atomic E-state index is 0.0712. The van der Waals surface area contributed by atoms with Gasteiger partial charge in [-0.2, -0.15) is 0 Å². The Hall–Kier alpha value is -4.09. The lowest BCUT2D eigenvalue weighted by atomic mass is 10.1. The van der Waals surface area contributed by atoms with Crippen LogP contribution in [0.15, 0.2) is 113 Å². The van der Waals surface area contributed by atoms with E-state index in [0.717, 1.165) is 32.8 Å². The van der Waals surface area contributed by atoms with Gasteiger partial charge in [0.1, 0.15) is 0 Å². The summed E-state index contributed by atoms with van der Waals surface area (Å²) in [6.45, 7) is 4.43. The van der Waals surface area contributed by atoms with Crippen LogP contribution in [0.2, 0.25) is 0 Å². The van der Waals surface area contributed by atoms with Gasteiger partial charge in [-0.25, -0.2) is 0 Å². The van der Waals surface area contributed by atoms with Crippen LogP contribution in [0.4, 0.5) is 5.69 Å². The van der Waals surface area contributed by atoms with E-state index in [1.807, 2.05) is 117 Å². The van der Waals surface area contributed by atoms with E-state index in [-0.39, 0.29) is 17.9 Å². The molecule has 0 aliphatic carbocycles. The summed E-state index contributed by atoms with van der Waals surface area (Å²) in [5.74, 6) is -0.240. The van der Waals surface area contributed by atoms with Crippen molar-refractivity contribution in [2.24, 2.45) is 0 Å². The number of aryl methyl sites for hydroxylation is 1. The molecule has 0 radical (unpaired) electrons. The maximum Gasteiger partial charge on any atom is 0.265 e. The SMILES string of the molecule is Cc1cccc(CN2C(=O)C(=Cc3ccccc3)Sc3ccc(C(=O)NC(C)c4ccccc4)cc32)c1.